The molecule has 5 N–H and O–H groups in total. The third-order valence-corrected chi connectivity index (χ3v) is 6.08. The summed E-state index contributed by atoms with van der Waals surface area (Å²) in [7, 11) is 0. The molecule has 1 aromatic rings. The quantitative estimate of drug-likeness (QED) is 0.533. The predicted molar refractivity (Wildman–Crippen MR) is 120 cm³/mol. The van der Waals surface area contributed by atoms with Crippen LogP contribution in [0.1, 0.15) is 20.3 Å². The molecule has 2 aliphatic carbocycles. The van der Waals surface area contributed by atoms with E-state index in [1.807, 2.05) is 38.1 Å². The molecule has 1 fully saturated rings. The highest BCUT2D eigenvalue weighted by Crippen LogP contribution is 2.45. The van der Waals surface area contributed by atoms with Crippen LogP contribution in [0.2, 0.25) is 0 Å². The molecule has 6 unspecified atom stereocenters. The van der Waals surface area contributed by atoms with Crippen molar-refractivity contribution in [2.24, 2.45) is 38.5 Å². The van der Waals surface area contributed by atoms with Crippen LogP contribution in [-0.4, -0.2) is 48.4 Å². The topological polar surface area (TPSA) is 125 Å². The van der Waals surface area contributed by atoms with Gasteiger partial charge in [0.2, 0.25) is 11.9 Å². The van der Waals surface area contributed by atoms with E-state index in [-0.39, 0.29) is 48.0 Å². The minimum Gasteiger partial charge on any atom is -0.491 e. The molecule has 0 aromatic heterocycles. The molecular formula is C22H27N7O2. The van der Waals surface area contributed by atoms with Crippen LogP contribution < -0.4 is 26.4 Å². The molecule has 4 aliphatic rings. The first-order chi connectivity index (χ1) is 15.0. The van der Waals surface area contributed by atoms with E-state index >= 15 is 0 Å². The van der Waals surface area contributed by atoms with Crippen molar-refractivity contribution in [3.05, 3.63) is 36.4 Å². The van der Waals surface area contributed by atoms with Crippen LogP contribution in [0.25, 0.3) is 0 Å². The van der Waals surface area contributed by atoms with E-state index in [0.29, 0.717) is 11.8 Å². The van der Waals surface area contributed by atoms with Gasteiger partial charge in [0, 0.05) is 17.7 Å². The number of carbonyl (C=O) groups excluding carboxylic acids is 1. The second kappa shape index (κ2) is 7.72. The summed E-state index contributed by atoms with van der Waals surface area (Å²) in [5.74, 6) is 1.90. The average molecular weight is 422 g/mol. The molecule has 0 saturated heterocycles. The number of fused-ring (bicyclic) bond motifs is 3. The van der Waals surface area contributed by atoms with E-state index < -0.39 is 0 Å². The zero-order valence-electron chi connectivity index (χ0n) is 17.5. The van der Waals surface area contributed by atoms with Crippen LogP contribution in [0.4, 0.5) is 5.69 Å². The summed E-state index contributed by atoms with van der Waals surface area (Å²) in [5, 5.41) is 9.82. The number of anilines is 1. The Morgan fingerprint density at radius 2 is 2.16 bits per heavy atom. The summed E-state index contributed by atoms with van der Waals surface area (Å²) in [6.45, 7) is 3.98. The van der Waals surface area contributed by atoms with E-state index in [1.54, 1.807) is 6.34 Å². The molecule has 6 atom stereocenters. The zero-order valence-corrected chi connectivity index (χ0v) is 17.5. The first-order valence-electron chi connectivity index (χ1n) is 10.7. The molecule has 9 heteroatoms. The molecule has 2 bridgehead atoms. The van der Waals surface area contributed by atoms with Gasteiger partial charge in [-0.3, -0.25) is 9.79 Å². The lowest BCUT2D eigenvalue weighted by molar-refractivity contribution is -0.122. The number of ether oxygens (including phenoxy) is 1. The molecule has 31 heavy (non-hydrogen) atoms. The van der Waals surface area contributed by atoms with Crippen molar-refractivity contribution in [3.63, 3.8) is 0 Å². The lowest BCUT2D eigenvalue weighted by atomic mass is 9.88. The predicted octanol–water partition coefficient (Wildman–Crippen LogP) is 1.25. The Labute approximate surface area is 181 Å². The number of allylic oxidation sites excluding steroid dienone is 1. The summed E-state index contributed by atoms with van der Waals surface area (Å²) in [6.07, 6.45) is 6.61. The molecular weight excluding hydrogens is 394 g/mol. The number of benzene rings is 1. The number of nitrogens with two attached hydrogens (primary N) is 1. The Morgan fingerprint density at radius 1 is 1.32 bits per heavy atom. The molecule has 2 heterocycles. The summed E-state index contributed by atoms with van der Waals surface area (Å²) < 4.78 is 5.78. The lowest BCUT2D eigenvalue weighted by Crippen LogP contribution is -2.55. The third kappa shape index (κ3) is 3.75. The maximum absolute atomic E-state index is 12.1. The third-order valence-electron chi connectivity index (χ3n) is 6.08. The molecule has 0 spiro atoms. The summed E-state index contributed by atoms with van der Waals surface area (Å²) in [4.78, 5) is 26.2. The molecule has 1 aromatic carbocycles. The van der Waals surface area contributed by atoms with Gasteiger partial charge in [-0.15, -0.1) is 0 Å². The largest absolute Gasteiger partial charge is 0.491 e. The molecule has 2 aliphatic heterocycles. The molecule has 1 amide bonds. The number of nitrogens with zero attached hydrogens (tertiary/aromatic N) is 3. The van der Waals surface area contributed by atoms with Crippen LogP contribution in [0.3, 0.4) is 0 Å². The van der Waals surface area contributed by atoms with Gasteiger partial charge in [0.15, 0.2) is 6.17 Å². The fourth-order valence-electron chi connectivity index (χ4n) is 4.81. The van der Waals surface area contributed by atoms with Crippen LogP contribution in [-0.2, 0) is 4.79 Å². The monoisotopic (exact) mass is 421 g/mol. The van der Waals surface area contributed by atoms with Crippen molar-refractivity contribution in [3.8, 4) is 5.75 Å². The van der Waals surface area contributed by atoms with Gasteiger partial charge in [-0.2, -0.15) is 0 Å². The second-order valence-corrected chi connectivity index (χ2v) is 8.64. The standard InChI is InChI=1S/C22H27N7O2/c1-11(2)31-15-5-3-4-14(9-15)26-22-28-20-18(24-10-25-20)21(29-22)27-17-13-7-6-12(8-13)16(17)19(23)30/h3-7,9-13,16-18,20H,8H2,1-2H3,(H2,23,30)(H,24,25)(H2,26,27,28,29). The van der Waals surface area contributed by atoms with Crippen molar-refractivity contribution in [1.82, 2.24) is 10.6 Å². The minimum atomic E-state index is -0.321. The van der Waals surface area contributed by atoms with Crippen molar-refractivity contribution >= 4 is 29.7 Å². The number of rotatable bonds is 5. The molecule has 5 rings (SSSR count). The molecule has 9 nitrogen and oxygen atoms in total. The number of primary amides is 1. The van der Waals surface area contributed by atoms with Gasteiger partial charge in [0.25, 0.3) is 0 Å². The van der Waals surface area contributed by atoms with E-state index in [4.69, 9.17) is 15.5 Å². The fourth-order valence-corrected chi connectivity index (χ4v) is 4.81. The van der Waals surface area contributed by atoms with Gasteiger partial charge in [0.1, 0.15) is 17.6 Å². The Kier molecular flexibility index (Phi) is 4.88. The van der Waals surface area contributed by atoms with E-state index in [9.17, 15) is 4.79 Å². The maximum Gasteiger partial charge on any atom is 0.223 e. The fraction of sp³-hybridized carbons (Fsp3) is 0.455. The minimum absolute atomic E-state index is 0.0905. The molecule has 0 radical (unpaired) electrons. The first-order valence-corrected chi connectivity index (χ1v) is 10.7. The highest BCUT2D eigenvalue weighted by molar-refractivity contribution is 6.10. The van der Waals surface area contributed by atoms with Gasteiger partial charge in [-0.1, -0.05) is 18.2 Å². The number of aliphatic imine (C=N–C) groups is 3. The summed E-state index contributed by atoms with van der Waals surface area (Å²) in [6, 6.07) is 7.36. The van der Waals surface area contributed by atoms with Crippen LogP contribution in [0.5, 0.6) is 5.75 Å². The van der Waals surface area contributed by atoms with Gasteiger partial charge in [-0.05, 0) is 38.3 Å². The smallest absolute Gasteiger partial charge is 0.223 e. The van der Waals surface area contributed by atoms with Gasteiger partial charge in [0.05, 0.1) is 24.4 Å². The molecule has 162 valence electrons. The lowest BCUT2D eigenvalue weighted by Gasteiger charge is -2.29. The van der Waals surface area contributed by atoms with E-state index in [0.717, 1.165) is 17.9 Å². The Morgan fingerprint density at radius 3 is 2.97 bits per heavy atom. The van der Waals surface area contributed by atoms with E-state index in [2.05, 4.69) is 38.1 Å². The number of amides is 1. The van der Waals surface area contributed by atoms with Crippen molar-refractivity contribution < 1.29 is 9.53 Å². The number of carbonyl (C=O) groups is 1. The van der Waals surface area contributed by atoms with Crippen molar-refractivity contribution in [1.29, 1.82) is 0 Å². The number of guanidine groups is 1. The Bertz CT molecular complexity index is 999. The Hall–Kier alpha value is -3.36. The average Bonchev–Trinajstić information content (AvgIpc) is 3.43. The highest BCUT2D eigenvalue weighted by Gasteiger charge is 2.48. The van der Waals surface area contributed by atoms with Gasteiger partial charge >= 0.3 is 0 Å². The zero-order chi connectivity index (χ0) is 21.5. The Balaban J connectivity index is 1.39. The first kappa shape index (κ1) is 19.6. The number of amidine groups is 1. The number of hydrogen-bond acceptors (Lipinski definition) is 7. The van der Waals surface area contributed by atoms with Crippen LogP contribution in [0.15, 0.2) is 51.4 Å². The van der Waals surface area contributed by atoms with Gasteiger partial charge in [-0.25, -0.2) is 9.98 Å². The number of hydrogen-bond donors (Lipinski definition) is 4. The van der Waals surface area contributed by atoms with Gasteiger partial charge < -0.3 is 26.4 Å². The summed E-state index contributed by atoms with van der Waals surface area (Å²) in [5.41, 5.74) is 6.56. The molecule has 1 saturated carbocycles. The maximum atomic E-state index is 12.1. The SMILES string of the molecule is CC(C)Oc1cccc(NC2=NC3N=CNC3C(=NC3C4C=CC(C4)C3C(N)=O)N2)c1. The highest BCUT2D eigenvalue weighted by atomic mass is 16.5. The summed E-state index contributed by atoms with van der Waals surface area (Å²) >= 11 is 0. The van der Waals surface area contributed by atoms with Crippen LogP contribution >= 0.6 is 0 Å². The van der Waals surface area contributed by atoms with Crippen molar-refractivity contribution in [2.45, 2.75) is 44.6 Å². The second-order valence-electron chi connectivity index (χ2n) is 8.64. The normalized spacial score (nSPS) is 33.8. The number of nitrogens with one attached hydrogen (secondary N) is 3. The van der Waals surface area contributed by atoms with E-state index in [1.165, 1.54) is 0 Å². The van der Waals surface area contributed by atoms with Crippen molar-refractivity contribution in [2.75, 3.05) is 5.32 Å². The van der Waals surface area contributed by atoms with Crippen LogP contribution in [0, 0.1) is 17.8 Å².